The number of hydrogen-bond donors (Lipinski definition) is 1. The van der Waals surface area contributed by atoms with E-state index in [0.717, 1.165) is 16.0 Å². The highest BCUT2D eigenvalue weighted by Crippen LogP contribution is 2.15. The van der Waals surface area contributed by atoms with Crippen LogP contribution in [-0.2, 0) is 9.53 Å². The van der Waals surface area contributed by atoms with Crippen molar-refractivity contribution in [3.8, 4) is 0 Å². The molecule has 0 radical (unpaired) electrons. The summed E-state index contributed by atoms with van der Waals surface area (Å²) < 4.78 is 9.38. The van der Waals surface area contributed by atoms with Crippen molar-refractivity contribution in [3.63, 3.8) is 0 Å². The maximum atomic E-state index is 11.7. The van der Waals surface area contributed by atoms with Gasteiger partial charge in [0.1, 0.15) is 0 Å². The minimum absolute atomic E-state index is 0.306. The quantitative estimate of drug-likeness (QED) is 0.851. The second kappa shape index (κ2) is 6.58. The van der Waals surface area contributed by atoms with E-state index in [2.05, 4.69) is 30.8 Å². The van der Waals surface area contributed by atoms with Gasteiger partial charge in [0.15, 0.2) is 11.5 Å². The SMILES string of the molecule is Cc1nnsc1C(=O)OCC(=O)Nc1cccc(Br)c1. The number of halogens is 1. The third-order valence-corrected chi connectivity index (χ3v) is 3.58. The Morgan fingerprint density at radius 1 is 1.45 bits per heavy atom. The molecule has 1 N–H and O–H groups in total. The van der Waals surface area contributed by atoms with E-state index < -0.39 is 11.9 Å². The standard InChI is InChI=1S/C12H10BrN3O3S/c1-7-11(20-16-15-7)12(18)19-6-10(17)14-9-4-2-3-8(13)5-9/h2-5H,6H2,1H3,(H,14,17). The van der Waals surface area contributed by atoms with Gasteiger partial charge >= 0.3 is 5.97 Å². The molecular formula is C12H10BrN3O3S. The summed E-state index contributed by atoms with van der Waals surface area (Å²) in [7, 11) is 0. The van der Waals surface area contributed by atoms with Crippen LogP contribution in [0.3, 0.4) is 0 Å². The van der Waals surface area contributed by atoms with Crippen molar-refractivity contribution in [2.24, 2.45) is 0 Å². The Morgan fingerprint density at radius 3 is 2.90 bits per heavy atom. The van der Waals surface area contributed by atoms with Gasteiger partial charge in [-0.25, -0.2) is 4.79 Å². The number of hydrogen-bond acceptors (Lipinski definition) is 6. The van der Waals surface area contributed by atoms with Crippen LogP contribution in [0.4, 0.5) is 5.69 Å². The number of esters is 1. The van der Waals surface area contributed by atoms with E-state index in [4.69, 9.17) is 4.74 Å². The molecule has 2 aromatic rings. The molecule has 1 aromatic carbocycles. The number of rotatable bonds is 4. The van der Waals surface area contributed by atoms with Gasteiger partial charge in [-0.05, 0) is 36.7 Å². The van der Waals surface area contributed by atoms with Crippen molar-refractivity contribution >= 4 is 45.0 Å². The summed E-state index contributed by atoms with van der Waals surface area (Å²) >= 11 is 4.24. The van der Waals surface area contributed by atoms with Gasteiger partial charge in [-0.3, -0.25) is 4.79 Å². The average molecular weight is 356 g/mol. The first kappa shape index (κ1) is 14.6. The fourth-order valence-corrected chi connectivity index (χ4v) is 2.33. The van der Waals surface area contributed by atoms with E-state index in [0.29, 0.717) is 16.3 Å². The van der Waals surface area contributed by atoms with Crippen molar-refractivity contribution in [1.82, 2.24) is 9.59 Å². The Morgan fingerprint density at radius 2 is 2.25 bits per heavy atom. The van der Waals surface area contributed by atoms with Gasteiger partial charge in [-0.1, -0.05) is 26.5 Å². The number of benzene rings is 1. The Kier molecular flexibility index (Phi) is 4.80. The summed E-state index contributed by atoms with van der Waals surface area (Å²) in [6.07, 6.45) is 0. The Bertz CT molecular complexity index is 644. The topological polar surface area (TPSA) is 81.2 Å². The number of aryl methyl sites for hydroxylation is 1. The van der Waals surface area contributed by atoms with Crippen molar-refractivity contribution in [2.45, 2.75) is 6.92 Å². The summed E-state index contributed by atoms with van der Waals surface area (Å²) in [5.41, 5.74) is 1.11. The number of ether oxygens (including phenoxy) is 1. The fourth-order valence-electron chi connectivity index (χ4n) is 1.38. The largest absolute Gasteiger partial charge is 0.451 e. The van der Waals surface area contributed by atoms with E-state index in [1.165, 1.54) is 0 Å². The number of amides is 1. The predicted molar refractivity (Wildman–Crippen MR) is 77.7 cm³/mol. The van der Waals surface area contributed by atoms with Crippen LogP contribution in [-0.4, -0.2) is 28.1 Å². The first-order chi connectivity index (χ1) is 9.56. The van der Waals surface area contributed by atoms with Crippen LogP contribution < -0.4 is 5.32 Å². The average Bonchev–Trinajstić information content (AvgIpc) is 2.82. The van der Waals surface area contributed by atoms with E-state index in [9.17, 15) is 9.59 Å². The fraction of sp³-hybridized carbons (Fsp3) is 0.167. The van der Waals surface area contributed by atoms with Crippen LogP contribution in [0.5, 0.6) is 0 Å². The smallest absolute Gasteiger partial charge is 0.352 e. The summed E-state index contributed by atoms with van der Waals surface area (Å²) in [4.78, 5) is 23.6. The van der Waals surface area contributed by atoms with Gasteiger partial charge in [0.2, 0.25) is 0 Å². The Labute approximate surface area is 127 Å². The van der Waals surface area contributed by atoms with Crippen LogP contribution in [0.15, 0.2) is 28.7 Å². The van der Waals surface area contributed by atoms with Gasteiger partial charge in [0, 0.05) is 10.2 Å². The number of carbonyl (C=O) groups is 2. The first-order valence-corrected chi connectivity index (χ1v) is 7.14. The summed E-state index contributed by atoms with van der Waals surface area (Å²) in [5, 5.41) is 6.33. The molecule has 20 heavy (non-hydrogen) atoms. The molecule has 0 saturated carbocycles. The molecule has 0 spiro atoms. The van der Waals surface area contributed by atoms with E-state index >= 15 is 0 Å². The maximum absolute atomic E-state index is 11.7. The van der Waals surface area contributed by atoms with Gasteiger partial charge < -0.3 is 10.1 Å². The van der Waals surface area contributed by atoms with Gasteiger partial charge in [-0.15, -0.1) is 5.10 Å². The molecule has 0 fully saturated rings. The molecule has 0 aliphatic heterocycles. The highest BCUT2D eigenvalue weighted by molar-refractivity contribution is 9.10. The first-order valence-electron chi connectivity index (χ1n) is 5.58. The predicted octanol–water partition coefficient (Wildman–Crippen LogP) is 2.40. The minimum atomic E-state index is -0.595. The summed E-state index contributed by atoms with van der Waals surface area (Å²) in [5.74, 6) is -1.01. The van der Waals surface area contributed by atoms with Crippen molar-refractivity contribution in [3.05, 3.63) is 39.3 Å². The number of aromatic nitrogens is 2. The lowest BCUT2D eigenvalue weighted by Gasteiger charge is -2.06. The molecule has 0 bridgehead atoms. The van der Waals surface area contributed by atoms with E-state index in [1.807, 2.05) is 6.07 Å². The molecule has 1 heterocycles. The molecule has 0 aliphatic rings. The lowest BCUT2D eigenvalue weighted by atomic mass is 10.3. The molecular weight excluding hydrogens is 346 g/mol. The number of anilines is 1. The van der Waals surface area contributed by atoms with Crippen LogP contribution in [0, 0.1) is 6.92 Å². The highest BCUT2D eigenvalue weighted by Gasteiger charge is 2.16. The van der Waals surface area contributed by atoms with Crippen LogP contribution in [0.1, 0.15) is 15.4 Å². The molecule has 1 aromatic heterocycles. The Balaban J connectivity index is 1.87. The second-order valence-corrected chi connectivity index (χ2v) is 5.49. The zero-order valence-electron chi connectivity index (χ0n) is 10.4. The molecule has 0 aliphatic carbocycles. The van der Waals surface area contributed by atoms with Gasteiger partial charge in [-0.2, -0.15) is 0 Å². The molecule has 0 unspecified atom stereocenters. The monoisotopic (exact) mass is 355 g/mol. The van der Waals surface area contributed by atoms with Crippen molar-refractivity contribution in [2.75, 3.05) is 11.9 Å². The van der Waals surface area contributed by atoms with E-state index in [-0.39, 0.29) is 6.61 Å². The molecule has 0 atom stereocenters. The maximum Gasteiger partial charge on any atom is 0.352 e. The van der Waals surface area contributed by atoms with Crippen LogP contribution in [0.25, 0.3) is 0 Å². The third kappa shape index (κ3) is 3.84. The third-order valence-electron chi connectivity index (χ3n) is 2.28. The highest BCUT2D eigenvalue weighted by atomic mass is 79.9. The lowest BCUT2D eigenvalue weighted by Crippen LogP contribution is -2.20. The number of nitrogens with one attached hydrogen (secondary N) is 1. The zero-order chi connectivity index (χ0) is 14.5. The van der Waals surface area contributed by atoms with Crippen LogP contribution in [0.2, 0.25) is 0 Å². The van der Waals surface area contributed by atoms with Crippen LogP contribution >= 0.6 is 27.5 Å². The molecule has 1 amide bonds. The lowest BCUT2D eigenvalue weighted by molar-refractivity contribution is -0.119. The molecule has 8 heteroatoms. The molecule has 2 rings (SSSR count). The van der Waals surface area contributed by atoms with Gasteiger partial charge in [0.05, 0.1) is 5.69 Å². The Hall–Kier alpha value is -1.80. The molecule has 6 nitrogen and oxygen atoms in total. The summed E-state index contributed by atoms with van der Waals surface area (Å²) in [6.45, 7) is 1.30. The zero-order valence-corrected chi connectivity index (χ0v) is 12.8. The van der Waals surface area contributed by atoms with Gasteiger partial charge in [0.25, 0.3) is 5.91 Å². The second-order valence-electron chi connectivity index (χ2n) is 3.82. The molecule has 104 valence electrons. The molecule has 0 saturated heterocycles. The van der Waals surface area contributed by atoms with E-state index in [1.54, 1.807) is 25.1 Å². The number of nitrogens with zero attached hydrogens (tertiary/aromatic N) is 2. The summed E-state index contributed by atoms with van der Waals surface area (Å²) in [6, 6.07) is 7.12. The van der Waals surface area contributed by atoms with Crippen molar-refractivity contribution in [1.29, 1.82) is 0 Å². The minimum Gasteiger partial charge on any atom is -0.451 e. The van der Waals surface area contributed by atoms with Crippen molar-refractivity contribution < 1.29 is 14.3 Å². The normalized spacial score (nSPS) is 10.1. The number of carbonyl (C=O) groups excluding carboxylic acids is 2.